The van der Waals surface area contributed by atoms with Crippen molar-refractivity contribution in [1.29, 1.82) is 0 Å². The molecule has 1 saturated heterocycles. The lowest BCUT2D eigenvalue weighted by molar-refractivity contribution is 0.104. The Kier molecular flexibility index (Phi) is 6.16. The van der Waals surface area contributed by atoms with Crippen LogP contribution in [0, 0.1) is 5.82 Å². The molecule has 2 aliphatic rings. The highest BCUT2D eigenvalue weighted by molar-refractivity contribution is 6.25. The third-order valence-corrected chi connectivity index (χ3v) is 7.89. The van der Waals surface area contributed by atoms with Crippen molar-refractivity contribution in [3.63, 3.8) is 0 Å². The number of benzene rings is 3. The first-order valence-electron chi connectivity index (χ1n) is 13.2. The van der Waals surface area contributed by atoms with Crippen LogP contribution in [-0.2, 0) is 0 Å². The Morgan fingerprint density at radius 1 is 0.842 bits per heavy atom. The summed E-state index contributed by atoms with van der Waals surface area (Å²) in [6.07, 6.45) is 1.17. The summed E-state index contributed by atoms with van der Waals surface area (Å²) in [4.78, 5) is 27.5. The Morgan fingerprint density at radius 2 is 1.47 bits per heavy atom. The summed E-state index contributed by atoms with van der Waals surface area (Å²) >= 11 is 0. The highest BCUT2D eigenvalue weighted by Gasteiger charge is 2.34. The number of halogens is 1. The maximum absolute atomic E-state index is 13.6. The number of anilines is 2. The van der Waals surface area contributed by atoms with Crippen LogP contribution in [0.25, 0.3) is 33.6 Å². The van der Waals surface area contributed by atoms with Gasteiger partial charge in [-0.1, -0.05) is 37.3 Å². The van der Waals surface area contributed by atoms with Crippen molar-refractivity contribution in [3.8, 4) is 33.6 Å². The lowest BCUT2D eigenvalue weighted by atomic mass is 9.96. The summed E-state index contributed by atoms with van der Waals surface area (Å²) in [5, 5.41) is 0. The molecule has 0 spiro atoms. The van der Waals surface area contributed by atoms with Gasteiger partial charge in [-0.15, -0.1) is 0 Å². The van der Waals surface area contributed by atoms with E-state index in [2.05, 4.69) is 57.9 Å². The first kappa shape index (κ1) is 24.2. The van der Waals surface area contributed by atoms with Gasteiger partial charge >= 0.3 is 0 Å². The molecule has 0 saturated carbocycles. The second-order valence-electron chi connectivity index (χ2n) is 10.0. The van der Waals surface area contributed by atoms with Gasteiger partial charge in [0.15, 0.2) is 5.78 Å². The fraction of sp³-hybridized carbons (Fsp3) is 0.258. The van der Waals surface area contributed by atoms with E-state index in [1.165, 1.54) is 24.2 Å². The molecule has 1 aromatic heterocycles. The Morgan fingerprint density at radius 3 is 2.16 bits per heavy atom. The quantitative estimate of drug-likeness (QED) is 0.331. The highest BCUT2D eigenvalue weighted by atomic mass is 19.1. The van der Waals surface area contributed by atoms with E-state index in [9.17, 15) is 9.18 Å². The fourth-order valence-electron chi connectivity index (χ4n) is 5.59. The van der Waals surface area contributed by atoms with Gasteiger partial charge < -0.3 is 10.6 Å². The van der Waals surface area contributed by atoms with E-state index in [1.807, 2.05) is 18.2 Å². The summed E-state index contributed by atoms with van der Waals surface area (Å²) in [5.41, 5.74) is 12.6. The van der Waals surface area contributed by atoms with Crippen LogP contribution in [-0.4, -0.2) is 52.9 Å². The molecule has 3 aromatic carbocycles. The molecule has 6 rings (SSSR count). The number of rotatable bonds is 5. The summed E-state index contributed by atoms with van der Waals surface area (Å²) in [6, 6.07) is 20.8. The van der Waals surface area contributed by atoms with Crippen molar-refractivity contribution in [2.75, 3.05) is 36.8 Å². The standard InChI is InChI=1S/C31H30FN5O/c1-3-19(2)36-15-17-37(18-16-36)23-13-9-20(10-14-23)24-5-4-6-25-26(24)29-27(30(25)38)28(34-31(33)35-29)21-7-11-22(32)12-8-21/h4-14,19H,3,15-18H2,1-2H3,(H2,33,34,35)/t19-/m1/s1. The zero-order chi connectivity index (χ0) is 26.4. The Balaban J connectivity index is 1.35. The molecule has 2 N–H and O–H groups in total. The molecule has 1 aliphatic heterocycles. The highest BCUT2D eigenvalue weighted by Crippen LogP contribution is 2.45. The molecule has 1 aliphatic carbocycles. The lowest BCUT2D eigenvalue weighted by Crippen LogP contribution is -2.49. The van der Waals surface area contributed by atoms with Gasteiger partial charge in [0.05, 0.1) is 17.0 Å². The number of aromatic nitrogens is 2. The van der Waals surface area contributed by atoms with E-state index in [0.29, 0.717) is 34.1 Å². The maximum Gasteiger partial charge on any atom is 0.221 e. The van der Waals surface area contributed by atoms with Crippen LogP contribution < -0.4 is 10.6 Å². The first-order valence-corrected chi connectivity index (χ1v) is 13.2. The van der Waals surface area contributed by atoms with E-state index >= 15 is 0 Å². The van der Waals surface area contributed by atoms with Gasteiger partial charge in [0.25, 0.3) is 0 Å². The maximum atomic E-state index is 13.6. The van der Waals surface area contributed by atoms with Crippen molar-refractivity contribution in [2.24, 2.45) is 0 Å². The number of nitrogens with two attached hydrogens (primary N) is 1. The van der Waals surface area contributed by atoms with Crippen LogP contribution in [0.5, 0.6) is 0 Å². The van der Waals surface area contributed by atoms with Crippen molar-refractivity contribution in [1.82, 2.24) is 14.9 Å². The number of hydrogen-bond acceptors (Lipinski definition) is 6. The molecule has 6 nitrogen and oxygen atoms in total. The summed E-state index contributed by atoms with van der Waals surface area (Å²) in [6.45, 7) is 8.70. The van der Waals surface area contributed by atoms with E-state index in [-0.39, 0.29) is 17.5 Å². The van der Waals surface area contributed by atoms with Crippen molar-refractivity contribution < 1.29 is 9.18 Å². The largest absolute Gasteiger partial charge is 0.369 e. The molecular weight excluding hydrogens is 477 g/mol. The van der Waals surface area contributed by atoms with Crippen LogP contribution in [0.3, 0.4) is 0 Å². The van der Waals surface area contributed by atoms with E-state index < -0.39 is 0 Å². The van der Waals surface area contributed by atoms with Crippen LogP contribution in [0.4, 0.5) is 16.0 Å². The van der Waals surface area contributed by atoms with Gasteiger partial charge in [-0.05, 0) is 60.9 Å². The molecule has 0 bridgehead atoms. The van der Waals surface area contributed by atoms with Gasteiger partial charge in [0, 0.05) is 54.6 Å². The number of piperazine rings is 1. The molecule has 4 aromatic rings. The molecule has 0 radical (unpaired) electrons. The minimum Gasteiger partial charge on any atom is -0.369 e. The third-order valence-electron chi connectivity index (χ3n) is 7.89. The van der Waals surface area contributed by atoms with E-state index in [1.54, 1.807) is 12.1 Å². The number of nitrogens with zero attached hydrogens (tertiary/aromatic N) is 4. The Bertz CT molecular complexity index is 1510. The fourth-order valence-corrected chi connectivity index (χ4v) is 5.59. The predicted molar refractivity (Wildman–Crippen MR) is 150 cm³/mol. The van der Waals surface area contributed by atoms with Crippen LogP contribution in [0.1, 0.15) is 36.2 Å². The van der Waals surface area contributed by atoms with Gasteiger partial charge in [0.2, 0.25) is 5.95 Å². The average molecular weight is 508 g/mol. The second kappa shape index (κ2) is 9.65. The zero-order valence-electron chi connectivity index (χ0n) is 21.6. The monoisotopic (exact) mass is 507 g/mol. The molecule has 38 heavy (non-hydrogen) atoms. The van der Waals surface area contributed by atoms with Crippen molar-refractivity contribution >= 4 is 17.4 Å². The first-order chi connectivity index (χ1) is 18.4. The van der Waals surface area contributed by atoms with Crippen molar-refractivity contribution in [2.45, 2.75) is 26.3 Å². The zero-order valence-corrected chi connectivity index (χ0v) is 21.6. The number of nitrogen functional groups attached to an aromatic ring is 1. The van der Waals surface area contributed by atoms with E-state index in [4.69, 9.17) is 5.73 Å². The molecule has 7 heteroatoms. The topological polar surface area (TPSA) is 75.3 Å². The molecule has 1 atom stereocenters. The van der Waals surface area contributed by atoms with Crippen LogP contribution in [0.2, 0.25) is 0 Å². The summed E-state index contributed by atoms with van der Waals surface area (Å²) in [7, 11) is 0. The minimum atomic E-state index is -0.356. The number of fused-ring (bicyclic) bond motifs is 3. The average Bonchev–Trinajstić information content (AvgIpc) is 3.24. The Labute approximate surface area is 222 Å². The van der Waals surface area contributed by atoms with E-state index in [0.717, 1.165) is 42.9 Å². The summed E-state index contributed by atoms with van der Waals surface area (Å²) in [5.74, 6) is -0.428. The lowest BCUT2D eigenvalue weighted by Gasteiger charge is -2.39. The smallest absolute Gasteiger partial charge is 0.221 e. The molecule has 1 fully saturated rings. The molecule has 0 unspecified atom stereocenters. The molecule has 192 valence electrons. The minimum absolute atomic E-state index is 0.0745. The van der Waals surface area contributed by atoms with Gasteiger partial charge in [0.1, 0.15) is 5.82 Å². The normalized spacial score (nSPS) is 15.9. The SMILES string of the molecule is CC[C@@H](C)N1CCN(c2ccc(-c3cccc4c3-c3nc(N)nc(-c5ccc(F)cc5)c3C4=O)cc2)CC1. The van der Waals surface area contributed by atoms with Gasteiger partial charge in [-0.3, -0.25) is 9.69 Å². The summed E-state index contributed by atoms with van der Waals surface area (Å²) < 4.78 is 13.6. The van der Waals surface area contributed by atoms with Crippen molar-refractivity contribution in [3.05, 3.63) is 83.7 Å². The second-order valence-corrected chi connectivity index (χ2v) is 10.0. The number of carbonyl (C=O) groups is 1. The number of carbonyl (C=O) groups excluding carboxylic acids is 1. The molecule has 0 amide bonds. The molecule has 2 heterocycles. The van der Waals surface area contributed by atoms with Gasteiger partial charge in [-0.25, -0.2) is 14.4 Å². The molecular formula is C31H30FN5O. The Hall–Kier alpha value is -4.10. The van der Waals surface area contributed by atoms with Crippen LogP contribution >= 0.6 is 0 Å². The number of hydrogen-bond donors (Lipinski definition) is 1. The van der Waals surface area contributed by atoms with Crippen LogP contribution in [0.15, 0.2) is 66.7 Å². The predicted octanol–water partition coefficient (Wildman–Crippen LogP) is 5.66. The number of ketones is 1. The van der Waals surface area contributed by atoms with Gasteiger partial charge in [-0.2, -0.15) is 0 Å². The third kappa shape index (κ3) is 4.13.